The van der Waals surface area contributed by atoms with Gasteiger partial charge in [-0.25, -0.2) is 4.79 Å². The molecule has 8 heteroatoms. The summed E-state index contributed by atoms with van der Waals surface area (Å²) in [6.07, 6.45) is 0.298. The Morgan fingerprint density at radius 3 is 2.38 bits per heavy atom. The van der Waals surface area contributed by atoms with Crippen molar-refractivity contribution in [2.75, 3.05) is 11.9 Å². The lowest BCUT2D eigenvalue weighted by Gasteiger charge is -2.19. The molecule has 0 bridgehead atoms. The van der Waals surface area contributed by atoms with E-state index in [0.717, 1.165) is 26.4 Å². The van der Waals surface area contributed by atoms with Crippen LogP contribution in [0.1, 0.15) is 27.7 Å². The second-order valence-corrected chi connectivity index (χ2v) is 8.96. The molecule has 2 N–H and O–H groups in total. The summed E-state index contributed by atoms with van der Waals surface area (Å²) in [4.78, 5) is 35.2. The Morgan fingerprint density at radius 2 is 1.78 bits per heavy atom. The number of carbonyl (C=O) groups excluding carboxylic acids is 2. The second-order valence-electron chi connectivity index (χ2n) is 7.84. The van der Waals surface area contributed by atoms with Gasteiger partial charge in [-0.3, -0.25) is 9.59 Å². The molecule has 32 heavy (non-hydrogen) atoms. The Balaban J connectivity index is 0.000000309. The van der Waals surface area contributed by atoms with Crippen LogP contribution >= 0.6 is 11.8 Å². The van der Waals surface area contributed by atoms with Crippen LogP contribution < -0.4 is 16.2 Å². The molecule has 170 valence electrons. The fraction of sp³-hybridized carbons (Fsp3) is 0.292. The number of amides is 2. The largest absolute Gasteiger partial charge is 0.444 e. The summed E-state index contributed by atoms with van der Waals surface area (Å²) >= 11 is 1.54. The maximum atomic E-state index is 12.1. The number of aryl methyl sites for hydroxylation is 1. The van der Waals surface area contributed by atoms with Crippen LogP contribution in [0.25, 0.3) is 10.9 Å². The topological polar surface area (TPSA) is 89.4 Å². The van der Waals surface area contributed by atoms with Gasteiger partial charge in [0.2, 0.25) is 6.41 Å². The number of carbonyl (C=O) groups is 2. The van der Waals surface area contributed by atoms with E-state index in [-0.39, 0.29) is 17.3 Å². The zero-order valence-corrected chi connectivity index (χ0v) is 19.8. The Kier molecular flexibility index (Phi) is 8.90. The Morgan fingerprint density at radius 1 is 1.12 bits per heavy atom. The molecule has 0 fully saturated rings. The maximum Gasteiger partial charge on any atom is 0.407 e. The molecular formula is C24H29N3O4S. The van der Waals surface area contributed by atoms with Gasteiger partial charge in [0.15, 0.2) is 0 Å². The SMILES string of the molecule is CCNC(=O)OC(C)(C)C.Cn1c(=O)cc(Sc2ccc(NC=O)cc2)c2ccccc21. The van der Waals surface area contributed by atoms with Gasteiger partial charge in [-0.05, 0) is 58.0 Å². The van der Waals surface area contributed by atoms with E-state index in [1.54, 1.807) is 17.7 Å². The number of fused-ring (bicyclic) bond motifs is 1. The van der Waals surface area contributed by atoms with E-state index in [1.807, 2.05) is 76.2 Å². The van der Waals surface area contributed by atoms with E-state index in [1.165, 1.54) is 11.8 Å². The Hall–Kier alpha value is -3.26. The summed E-state index contributed by atoms with van der Waals surface area (Å²) in [5.74, 6) is 0. The van der Waals surface area contributed by atoms with Crippen molar-refractivity contribution in [3.8, 4) is 0 Å². The molecule has 0 spiro atoms. The number of ether oxygens (including phenoxy) is 1. The van der Waals surface area contributed by atoms with Gasteiger partial charge in [0, 0.05) is 40.5 Å². The molecule has 3 rings (SSSR count). The molecule has 2 aromatic carbocycles. The molecule has 0 atom stereocenters. The summed E-state index contributed by atoms with van der Waals surface area (Å²) in [5, 5.41) is 6.19. The predicted octanol–water partition coefficient (Wildman–Crippen LogP) is 4.79. The van der Waals surface area contributed by atoms with Crippen LogP contribution in [0.3, 0.4) is 0 Å². The van der Waals surface area contributed by atoms with Gasteiger partial charge >= 0.3 is 6.09 Å². The smallest absolute Gasteiger partial charge is 0.407 e. The summed E-state index contributed by atoms with van der Waals surface area (Å²) < 4.78 is 6.58. The number of para-hydroxylation sites is 1. The van der Waals surface area contributed by atoms with Gasteiger partial charge in [-0.2, -0.15) is 0 Å². The number of anilines is 1. The van der Waals surface area contributed by atoms with Crippen molar-refractivity contribution in [1.29, 1.82) is 0 Å². The number of aromatic nitrogens is 1. The van der Waals surface area contributed by atoms with Gasteiger partial charge in [0.25, 0.3) is 5.56 Å². The lowest BCUT2D eigenvalue weighted by Crippen LogP contribution is -2.32. The first kappa shape index (κ1) is 25.0. The third kappa shape index (κ3) is 7.46. The highest BCUT2D eigenvalue weighted by Crippen LogP contribution is 2.32. The number of nitrogens with one attached hydrogen (secondary N) is 2. The molecule has 7 nitrogen and oxygen atoms in total. The summed E-state index contributed by atoms with van der Waals surface area (Å²) in [6, 6.07) is 17.0. The number of benzene rings is 2. The monoisotopic (exact) mass is 455 g/mol. The van der Waals surface area contributed by atoms with Crippen LogP contribution in [-0.4, -0.2) is 29.2 Å². The van der Waals surface area contributed by atoms with Crippen molar-refractivity contribution in [2.24, 2.45) is 7.05 Å². The van der Waals surface area contributed by atoms with Crippen molar-refractivity contribution in [2.45, 2.75) is 43.1 Å². The zero-order chi connectivity index (χ0) is 23.7. The average Bonchev–Trinajstić information content (AvgIpc) is 2.73. The molecule has 0 aliphatic rings. The average molecular weight is 456 g/mol. The van der Waals surface area contributed by atoms with E-state index in [2.05, 4.69) is 10.6 Å². The van der Waals surface area contributed by atoms with Gasteiger partial charge < -0.3 is 19.9 Å². The summed E-state index contributed by atoms with van der Waals surface area (Å²) in [7, 11) is 1.78. The number of rotatable bonds is 5. The highest BCUT2D eigenvalue weighted by atomic mass is 32.2. The normalized spacial score (nSPS) is 10.7. The number of hydrogen-bond acceptors (Lipinski definition) is 5. The zero-order valence-electron chi connectivity index (χ0n) is 19.0. The van der Waals surface area contributed by atoms with Crippen molar-refractivity contribution in [1.82, 2.24) is 9.88 Å². The van der Waals surface area contributed by atoms with Crippen molar-refractivity contribution in [3.63, 3.8) is 0 Å². The third-order valence-corrected chi connectivity index (χ3v) is 5.21. The van der Waals surface area contributed by atoms with E-state index in [0.29, 0.717) is 13.0 Å². The Bertz CT molecular complexity index is 1120. The van der Waals surface area contributed by atoms with Crippen molar-refractivity contribution in [3.05, 3.63) is 65.0 Å². The van der Waals surface area contributed by atoms with E-state index in [9.17, 15) is 14.4 Å². The van der Waals surface area contributed by atoms with Crippen LogP contribution in [0.5, 0.6) is 0 Å². The first-order chi connectivity index (χ1) is 15.1. The quantitative estimate of drug-likeness (QED) is 0.540. The fourth-order valence-electron chi connectivity index (χ4n) is 2.74. The van der Waals surface area contributed by atoms with Gasteiger partial charge in [0.05, 0.1) is 5.52 Å². The van der Waals surface area contributed by atoms with Gasteiger partial charge in [-0.15, -0.1) is 0 Å². The molecule has 0 unspecified atom stereocenters. The summed E-state index contributed by atoms with van der Waals surface area (Å²) in [5.41, 5.74) is 1.24. The molecule has 3 aromatic rings. The molecule has 1 heterocycles. The van der Waals surface area contributed by atoms with Gasteiger partial charge in [0.1, 0.15) is 5.60 Å². The van der Waals surface area contributed by atoms with E-state index in [4.69, 9.17) is 4.74 Å². The molecule has 0 aliphatic carbocycles. The molecule has 2 amide bonds. The first-order valence-corrected chi connectivity index (χ1v) is 11.0. The number of nitrogens with zero attached hydrogens (tertiary/aromatic N) is 1. The van der Waals surface area contributed by atoms with Crippen molar-refractivity contribution >= 4 is 40.9 Å². The molecule has 1 aromatic heterocycles. The number of pyridine rings is 1. The summed E-state index contributed by atoms with van der Waals surface area (Å²) in [6.45, 7) is 7.96. The molecule has 0 saturated carbocycles. The van der Waals surface area contributed by atoms with E-state index >= 15 is 0 Å². The molecular weight excluding hydrogens is 426 g/mol. The van der Waals surface area contributed by atoms with Crippen LogP contribution in [0, 0.1) is 0 Å². The van der Waals surface area contributed by atoms with E-state index < -0.39 is 0 Å². The minimum absolute atomic E-state index is 0.0274. The third-order valence-electron chi connectivity index (χ3n) is 4.14. The minimum Gasteiger partial charge on any atom is -0.444 e. The number of alkyl carbamates (subject to hydrolysis) is 1. The predicted molar refractivity (Wildman–Crippen MR) is 129 cm³/mol. The first-order valence-electron chi connectivity index (χ1n) is 10.2. The van der Waals surface area contributed by atoms with Crippen LogP contribution in [-0.2, 0) is 16.6 Å². The maximum absolute atomic E-state index is 12.1. The lowest BCUT2D eigenvalue weighted by atomic mass is 10.2. The van der Waals surface area contributed by atoms with Crippen LogP contribution in [0.4, 0.5) is 10.5 Å². The second kappa shape index (κ2) is 11.4. The standard InChI is InChI=1S/C17H14N2O2S.C7H15NO2/c1-19-15-5-3-2-4-14(15)16(10-17(19)21)22-13-8-6-12(7-9-13)18-11-20;1-5-8-6(9)10-7(2,3)4/h2-11H,1H3,(H,18,20);5H2,1-4H3,(H,8,9). The van der Waals surface area contributed by atoms with Crippen LogP contribution in [0.15, 0.2) is 69.2 Å². The van der Waals surface area contributed by atoms with Crippen LogP contribution in [0.2, 0.25) is 0 Å². The molecule has 0 radical (unpaired) electrons. The highest BCUT2D eigenvalue weighted by molar-refractivity contribution is 7.99. The highest BCUT2D eigenvalue weighted by Gasteiger charge is 2.14. The molecule has 0 aliphatic heterocycles. The molecule has 0 saturated heterocycles. The lowest BCUT2D eigenvalue weighted by molar-refractivity contribution is -0.105. The number of hydrogen-bond donors (Lipinski definition) is 2. The van der Waals surface area contributed by atoms with Crippen molar-refractivity contribution < 1.29 is 14.3 Å². The minimum atomic E-state index is -0.390. The van der Waals surface area contributed by atoms with Gasteiger partial charge in [-0.1, -0.05) is 30.0 Å². The fourth-order valence-corrected chi connectivity index (χ4v) is 3.71. The Labute approximate surface area is 192 Å².